The van der Waals surface area contributed by atoms with E-state index in [2.05, 4.69) is 0 Å². The van der Waals surface area contributed by atoms with Gasteiger partial charge in [-0.25, -0.2) is 4.39 Å². The number of hydrogen-bond acceptors (Lipinski definition) is 3. The van der Waals surface area contributed by atoms with Crippen molar-refractivity contribution in [3.63, 3.8) is 0 Å². The third kappa shape index (κ3) is 1.56. The number of phenolic OH excluding ortho intramolecular Hbond substituents is 1. The molecule has 14 heavy (non-hydrogen) atoms. The first-order valence-corrected chi connectivity index (χ1v) is 4.22. The molecule has 1 aromatic rings. The second kappa shape index (κ2) is 3.31. The first kappa shape index (κ1) is 9.02. The lowest BCUT2D eigenvalue weighted by Crippen LogP contribution is -2.11. The number of aromatic hydroxyl groups is 1. The van der Waals surface area contributed by atoms with Gasteiger partial charge in [0, 0.05) is 24.3 Å². The van der Waals surface area contributed by atoms with Crippen molar-refractivity contribution in [2.24, 2.45) is 0 Å². The van der Waals surface area contributed by atoms with Gasteiger partial charge in [-0.05, 0) is 12.1 Å². The van der Waals surface area contributed by atoms with Crippen LogP contribution in [0.25, 0.3) is 5.57 Å². The van der Waals surface area contributed by atoms with E-state index in [1.54, 1.807) is 18.2 Å². The zero-order valence-corrected chi connectivity index (χ0v) is 7.70. The Morgan fingerprint density at radius 2 is 2.29 bits per heavy atom. The number of phenols is 1. The van der Waals surface area contributed by atoms with E-state index >= 15 is 0 Å². The van der Waals surface area contributed by atoms with Gasteiger partial charge >= 0.3 is 0 Å². The fourth-order valence-electron chi connectivity index (χ4n) is 1.38. The minimum absolute atomic E-state index is 0.0703. The lowest BCUT2D eigenvalue weighted by Gasteiger charge is -2.06. The van der Waals surface area contributed by atoms with Crippen LogP contribution in [0.1, 0.15) is 5.56 Å². The SMILES string of the molecule is CN1CC(c2ccc(O)cc2F)=CO1. The molecule has 3 nitrogen and oxygen atoms in total. The molecular weight excluding hydrogens is 185 g/mol. The molecule has 1 aliphatic heterocycles. The van der Waals surface area contributed by atoms with Crippen molar-refractivity contribution in [2.45, 2.75) is 0 Å². The summed E-state index contributed by atoms with van der Waals surface area (Å²) < 4.78 is 13.4. The summed E-state index contributed by atoms with van der Waals surface area (Å²) in [6, 6.07) is 4.09. The summed E-state index contributed by atoms with van der Waals surface area (Å²) in [7, 11) is 1.77. The van der Waals surface area contributed by atoms with Crippen LogP contribution in [0, 0.1) is 5.82 Å². The van der Waals surface area contributed by atoms with E-state index in [9.17, 15) is 4.39 Å². The van der Waals surface area contributed by atoms with E-state index in [1.165, 1.54) is 12.3 Å². The highest BCUT2D eigenvalue weighted by Gasteiger charge is 2.16. The molecule has 0 unspecified atom stereocenters. The van der Waals surface area contributed by atoms with Gasteiger partial charge in [-0.2, -0.15) is 0 Å². The highest BCUT2D eigenvalue weighted by molar-refractivity contribution is 5.67. The smallest absolute Gasteiger partial charge is 0.134 e. The van der Waals surface area contributed by atoms with E-state index in [0.717, 1.165) is 11.6 Å². The molecule has 0 aromatic heterocycles. The zero-order valence-electron chi connectivity index (χ0n) is 7.70. The first-order valence-electron chi connectivity index (χ1n) is 4.22. The fourth-order valence-corrected chi connectivity index (χ4v) is 1.38. The molecule has 0 saturated heterocycles. The Kier molecular flexibility index (Phi) is 2.13. The highest BCUT2D eigenvalue weighted by atomic mass is 19.1. The fraction of sp³-hybridized carbons (Fsp3) is 0.200. The first-order chi connectivity index (χ1) is 6.66. The second-order valence-corrected chi connectivity index (χ2v) is 3.20. The van der Waals surface area contributed by atoms with E-state index in [0.29, 0.717) is 12.1 Å². The lowest BCUT2D eigenvalue weighted by atomic mass is 10.1. The van der Waals surface area contributed by atoms with Gasteiger partial charge in [0.05, 0.1) is 6.54 Å². The molecule has 0 saturated carbocycles. The van der Waals surface area contributed by atoms with Crippen LogP contribution < -0.4 is 0 Å². The number of hydroxylamine groups is 2. The molecule has 0 atom stereocenters. The molecule has 0 amide bonds. The van der Waals surface area contributed by atoms with E-state index in [1.807, 2.05) is 0 Å². The number of benzene rings is 1. The molecule has 2 rings (SSSR count). The zero-order chi connectivity index (χ0) is 10.1. The van der Waals surface area contributed by atoms with Crippen molar-refractivity contribution < 1.29 is 14.3 Å². The number of halogens is 1. The van der Waals surface area contributed by atoms with Gasteiger partial charge < -0.3 is 9.94 Å². The molecule has 0 spiro atoms. The number of rotatable bonds is 1. The molecule has 1 aliphatic rings. The highest BCUT2D eigenvalue weighted by Crippen LogP contribution is 2.25. The van der Waals surface area contributed by atoms with Gasteiger partial charge in [-0.1, -0.05) is 0 Å². The Morgan fingerprint density at radius 1 is 1.50 bits per heavy atom. The van der Waals surface area contributed by atoms with Gasteiger partial charge in [0.2, 0.25) is 0 Å². The summed E-state index contributed by atoms with van der Waals surface area (Å²) in [6.45, 7) is 0.543. The van der Waals surface area contributed by atoms with Crippen LogP contribution in [-0.4, -0.2) is 23.8 Å². The van der Waals surface area contributed by atoms with E-state index in [4.69, 9.17) is 9.94 Å². The Morgan fingerprint density at radius 3 is 2.86 bits per heavy atom. The molecular formula is C10H10FNO2. The molecule has 1 N–H and O–H groups in total. The summed E-state index contributed by atoms with van der Waals surface area (Å²) in [5, 5.41) is 10.6. The Hall–Kier alpha value is -1.55. The standard InChI is InChI=1S/C10H10FNO2/c1-12-5-7(6-14-12)9-3-2-8(13)4-10(9)11/h2-4,6,13H,5H2,1H3. The lowest BCUT2D eigenvalue weighted by molar-refractivity contribution is -0.0490. The Bertz CT molecular complexity index is 390. The van der Waals surface area contributed by atoms with Crippen molar-refractivity contribution in [1.29, 1.82) is 0 Å². The summed E-state index contributed by atoms with van der Waals surface area (Å²) >= 11 is 0. The van der Waals surface area contributed by atoms with Crippen molar-refractivity contribution in [1.82, 2.24) is 5.06 Å². The van der Waals surface area contributed by atoms with Crippen LogP contribution in [0.4, 0.5) is 4.39 Å². The summed E-state index contributed by atoms with van der Waals surface area (Å²) in [5.74, 6) is -0.505. The minimum Gasteiger partial charge on any atom is -0.508 e. The molecule has 0 fully saturated rings. The van der Waals surface area contributed by atoms with E-state index < -0.39 is 5.82 Å². The van der Waals surface area contributed by atoms with Gasteiger partial charge in [-0.15, -0.1) is 5.06 Å². The van der Waals surface area contributed by atoms with Crippen LogP contribution in [0.5, 0.6) is 5.75 Å². The maximum absolute atomic E-state index is 13.4. The predicted molar refractivity (Wildman–Crippen MR) is 49.8 cm³/mol. The van der Waals surface area contributed by atoms with E-state index in [-0.39, 0.29) is 5.75 Å². The topological polar surface area (TPSA) is 32.7 Å². The third-order valence-corrected chi connectivity index (χ3v) is 2.07. The summed E-state index contributed by atoms with van der Waals surface area (Å²) in [4.78, 5) is 5.05. The van der Waals surface area contributed by atoms with Gasteiger partial charge in [0.25, 0.3) is 0 Å². The van der Waals surface area contributed by atoms with Gasteiger partial charge in [0.15, 0.2) is 0 Å². The van der Waals surface area contributed by atoms with Crippen LogP contribution in [-0.2, 0) is 4.84 Å². The average Bonchev–Trinajstić information content (AvgIpc) is 2.51. The van der Waals surface area contributed by atoms with Crippen LogP contribution in [0.15, 0.2) is 24.5 Å². The average molecular weight is 195 g/mol. The molecule has 4 heteroatoms. The monoisotopic (exact) mass is 195 g/mol. The molecule has 0 radical (unpaired) electrons. The molecule has 0 bridgehead atoms. The van der Waals surface area contributed by atoms with Gasteiger partial charge in [-0.3, -0.25) is 0 Å². The van der Waals surface area contributed by atoms with Crippen LogP contribution in [0.2, 0.25) is 0 Å². The Labute approximate surface area is 81.0 Å². The van der Waals surface area contributed by atoms with Crippen molar-refractivity contribution in [3.8, 4) is 5.75 Å². The minimum atomic E-state index is -0.435. The molecule has 74 valence electrons. The van der Waals surface area contributed by atoms with Gasteiger partial charge in [0.1, 0.15) is 17.8 Å². The quantitative estimate of drug-likeness (QED) is 0.741. The predicted octanol–water partition coefficient (Wildman–Crippen LogP) is 1.75. The van der Waals surface area contributed by atoms with Crippen molar-refractivity contribution in [3.05, 3.63) is 35.8 Å². The summed E-state index contributed by atoms with van der Waals surface area (Å²) in [6.07, 6.45) is 1.51. The maximum atomic E-state index is 13.4. The molecule has 1 heterocycles. The molecule has 1 aromatic carbocycles. The Balaban J connectivity index is 2.33. The normalized spacial score (nSPS) is 16.6. The van der Waals surface area contributed by atoms with Crippen LogP contribution >= 0.6 is 0 Å². The molecule has 0 aliphatic carbocycles. The number of likely N-dealkylation sites (N-methyl/N-ethyl adjacent to an activating group) is 1. The maximum Gasteiger partial charge on any atom is 0.134 e. The van der Waals surface area contributed by atoms with Crippen molar-refractivity contribution in [2.75, 3.05) is 13.6 Å². The van der Waals surface area contributed by atoms with Crippen LogP contribution in [0.3, 0.4) is 0 Å². The third-order valence-electron chi connectivity index (χ3n) is 2.07. The summed E-state index contributed by atoms with van der Waals surface area (Å²) in [5.41, 5.74) is 1.23. The second-order valence-electron chi connectivity index (χ2n) is 3.20. The number of hydrogen-bond donors (Lipinski definition) is 1. The largest absolute Gasteiger partial charge is 0.508 e. The number of nitrogens with zero attached hydrogens (tertiary/aromatic N) is 1. The van der Waals surface area contributed by atoms with Crippen molar-refractivity contribution >= 4 is 5.57 Å².